The predicted octanol–water partition coefficient (Wildman–Crippen LogP) is 7.83. The molecule has 1 atom stereocenters. The molecule has 0 bridgehead atoms. The topological polar surface area (TPSA) is 61.7 Å². The Bertz CT molecular complexity index is 506. The second-order valence-electron chi connectivity index (χ2n) is 9.31. The fraction of sp³-hybridized carbons (Fsp3) is 0.786. The van der Waals surface area contributed by atoms with Gasteiger partial charge in [-0.1, -0.05) is 110 Å². The second-order valence-corrected chi connectivity index (χ2v) is 9.31. The van der Waals surface area contributed by atoms with Crippen molar-refractivity contribution in [1.29, 1.82) is 0 Å². The van der Waals surface area contributed by atoms with Crippen LogP contribution in [0.4, 0.5) is 5.69 Å². The van der Waals surface area contributed by atoms with Gasteiger partial charge in [0.05, 0.1) is 12.7 Å². The zero-order valence-electron chi connectivity index (χ0n) is 20.8. The van der Waals surface area contributed by atoms with Gasteiger partial charge in [0, 0.05) is 18.8 Å². The Morgan fingerprint density at radius 3 is 1.59 bits per heavy atom. The summed E-state index contributed by atoms with van der Waals surface area (Å²) in [6.07, 6.45) is 22.9. The van der Waals surface area contributed by atoms with Crippen LogP contribution in [-0.4, -0.2) is 36.1 Å². The Labute approximate surface area is 198 Å². The lowest BCUT2D eigenvalue weighted by atomic mass is 10.0. The number of aromatic hydroxyl groups is 1. The van der Waals surface area contributed by atoms with Crippen molar-refractivity contribution < 1.29 is 14.9 Å². The number of unbranched alkanes of at least 4 members (excludes halogenated alkanes) is 16. The van der Waals surface area contributed by atoms with E-state index < -0.39 is 6.10 Å². The van der Waals surface area contributed by atoms with Crippen LogP contribution in [0.3, 0.4) is 0 Å². The maximum absolute atomic E-state index is 9.97. The fourth-order valence-electron chi connectivity index (χ4n) is 4.02. The normalized spacial score (nSPS) is 12.2. The molecule has 186 valence electrons. The molecule has 4 heteroatoms. The molecule has 0 amide bonds. The van der Waals surface area contributed by atoms with Gasteiger partial charge in [0.15, 0.2) is 0 Å². The van der Waals surface area contributed by atoms with Gasteiger partial charge >= 0.3 is 0 Å². The molecule has 0 radical (unpaired) electrons. The lowest BCUT2D eigenvalue weighted by Gasteiger charge is -2.13. The third kappa shape index (κ3) is 18.3. The van der Waals surface area contributed by atoms with E-state index in [1.165, 1.54) is 103 Å². The van der Waals surface area contributed by atoms with E-state index in [2.05, 4.69) is 12.2 Å². The summed E-state index contributed by atoms with van der Waals surface area (Å²) in [6.45, 7) is 3.83. The minimum atomic E-state index is -0.519. The molecule has 0 fully saturated rings. The van der Waals surface area contributed by atoms with Crippen LogP contribution in [0, 0.1) is 0 Å². The Morgan fingerprint density at radius 1 is 0.688 bits per heavy atom. The third-order valence-electron chi connectivity index (χ3n) is 6.11. The average molecular weight is 450 g/mol. The van der Waals surface area contributed by atoms with Crippen molar-refractivity contribution >= 4 is 5.69 Å². The first kappa shape index (κ1) is 28.8. The van der Waals surface area contributed by atoms with Crippen LogP contribution in [0.5, 0.6) is 5.75 Å². The highest BCUT2D eigenvalue weighted by molar-refractivity contribution is 5.45. The minimum absolute atomic E-state index is 0.244. The van der Waals surface area contributed by atoms with Crippen molar-refractivity contribution in [2.24, 2.45) is 0 Å². The van der Waals surface area contributed by atoms with Crippen molar-refractivity contribution in [2.75, 3.05) is 25.1 Å². The minimum Gasteiger partial charge on any atom is -0.508 e. The van der Waals surface area contributed by atoms with Gasteiger partial charge in [-0.2, -0.15) is 0 Å². The summed E-state index contributed by atoms with van der Waals surface area (Å²) in [4.78, 5) is 0. The molecule has 0 heterocycles. The number of phenols is 1. The molecule has 3 N–H and O–H groups in total. The molecular weight excluding hydrogens is 398 g/mol. The lowest BCUT2D eigenvalue weighted by molar-refractivity contribution is 0.0416. The van der Waals surface area contributed by atoms with E-state index in [-0.39, 0.29) is 5.75 Å². The number of anilines is 1. The molecule has 0 aliphatic heterocycles. The smallest absolute Gasteiger partial charge is 0.115 e. The summed E-state index contributed by atoms with van der Waals surface area (Å²) in [6, 6.07) is 6.84. The highest BCUT2D eigenvalue weighted by Gasteiger charge is 2.04. The molecule has 1 unspecified atom stereocenters. The first-order chi connectivity index (χ1) is 15.7. The number of benzene rings is 1. The summed E-state index contributed by atoms with van der Waals surface area (Å²) in [5.74, 6) is 0.244. The largest absolute Gasteiger partial charge is 0.508 e. The molecule has 1 aromatic rings. The van der Waals surface area contributed by atoms with Gasteiger partial charge in [-0.3, -0.25) is 0 Å². The standard InChI is InChI=1S/C28H51NO3/c1-2-3-4-5-6-7-8-9-10-11-12-13-14-15-16-17-18-23-32-25-28(31)24-29-26-19-21-27(30)22-20-26/h19-22,28-31H,2-18,23-25H2,1H3. The number of aliphatic hydroxyl groups is 1. The average Bonchev–Trinajstić information content (AvgIpc) is 2.80. The maximum atomic E-state index is 9.97. The number of phenolic OH excluding ortho intramolecular Hbond substituents is 1. The monoisotopic (exact) mass is 449 g/mol. The molecule has 1 aromatic carbocycles. The van der Waals surface area contributed by atoms with Crippen molar-refractivity contribution in [3.05, 3.63) is 24.3 Å². The van der Waals surface area contributed by atoms with Crippen LogP contribution < -0.4 is 5.32 Å². The Morgan fingerprint density at radius 2 is 1.12 bits per heavy atom. The summed E-state index contributed by atoms with van der Waals surface area (Å²) >= 11 is 0. The van der Waals surface area contributed by atoms with Crippen molar-refractivity contribution in [3.63, 3.8) is 0 Å². The lowest BCUT2D eigenvalue weighted by Crippen LogP contribution is -2.25. The third-order valence-corrected chi connectivity index (χ3v) is 6.11. The molecule has 1 rings (SSSR count). The predicted molar refractivity (Wildman–Crippen MR) is 138 cm³/mol. The molecule has 0 aromatic heterocycles. The summed E-state index contributed by atoms with van der Waals surface area (Å²) in [5.41, 5.74) is 0.884. The molecule has 0 spiro atoms. The van der Waals surface area contributed by atoms with Crippen LogP contribution >= 0.6 is 0 Å². The maximum Gasteiger partial charge on any atom is 0.115 e. The SMILES string of the molecule is CCCCCCCCCCCCCCCCCCCOCC(O)CNc1ccc(O)cc1. The van der Waals surface area contributed by atoms with Gasteiger partial charge < -0.3 is 20.3 Å². The van der Waals surface area contributed by atoms with Gasteiger partial charge in [0.25, 0.3) is 0 Å². The van der Waals surface area contributed by atoms with Crippen LogP contribution in [-0.2, 0) is 4.74 Å². The van der Waals surface area contributed by atoms with Crippen molar-refractivity contribution in [2.45, 2.75) is 122 Å². The summed E-state index contributed by atoms with van der Waals surface area (Å²) in [7, 11) is 0. The number of hydrogen-bond donors (Lipinski definition) is 3. The van der Waals surface area contributed by atoms with Gasteiger partial charge in [0.2, 0.25) is 0 Å². The van der Waals surface area contributed by atoms with Gasteiger partial charge in [0.1, 0.15) is 5.75 Å². The summed E-state index contributed by atoms with van der Waals surface area (Å²) in [5, 5.41) is 22.4. The highest BCUT2D eigenvalue weighted by Crippen LogP contribution is 2.15. The van der Waals surface area contributed by atoms with E-state index in [1.807, 2.05) is 0 Å². The van der Waals surface area contributed by atoms with Crippen LogP contribution in [0.25, 0.3) is 0 Å². The first-order valence-electron chi connectivity index (χ1n) is 13.5. The van der Waals surface area contributed by atoms with E-state index in [9.17, 15) is 10.2 Å². The van der Waals surface area contributed by atoms with Crippen LogP contribution in [0.2, 0.25) is 0 Å². The van der Waals surface area contributed by atoms with Gasteiger partial charge in [-0.25, -0.2) is 0 Å². The van der Waals surface area contributed by atoms with Crippen molar-refractivity contribution in [3.8, 4) is 5.75 Å². The molecule has 0 saturated carbocycles. The van der Waals surface area contributed by atoms with E-state index in [0.29, 0.717) is 13.2 Å². The van der Waals surface area contributed by atoms with E-state index >= 15 is 0 Å². The Hall–Kier alpha value is -1.26. The van der Waals surface area contributed by atoms with Gasteiger partial charge in [-0.15, -0.1) is 0 Å². The molecule has 0 saturated heterocycles. The Balaban J connectivity index is 1.74. The molecule has 0 aliphatic carbocycles. The number of aliphatic hydroxyl groups excluding tert-OH is 1. The van der Waals surface area contributed by atoms with Crippen LogP contribution in [0.15, 0.2) is 24.3 Å². The number of ether oxygens (including phenoxy) is 1. The van der Waals surface area contributed by atoms with E-state index in [4.69, 9.17) is 4.74 Å². The second kappa shape index (κ2) is 21.6. The van der Waals surface area contributed by atoms with Crippen LogP contribution in [0.1, 0.15) is 116 Å². The number of nitrogens with one attached hydrogen (secondary N) is 1. The molecule has 0 aliphatic rings. The quantitative estimate of drug-likeness (QED) is 0.118. The molecular formula is C28H51NO3. The zero-order chi connectivity index (χ0) is 23.1. The molecule has 4 nitrogen and oxygen atoms in total. The zero-order valence-corrected chi connectivity index (χ0v) is 20.8. The van der Waals surface area contributed by atoms with E-state index in [0.717, 1.165) is 18.7 Å². The Kier molecular flexibility index (Phi) is 19.4. The van der Waals surface area contributed by atoms with Gasteiger partial charge in [-0.05, 0) is 30.7 Å². The number of hydrogen-bond acceptors (Lipinski definition) is 4. The fourth-order valence-corrected chi connectivity index (χ4v) is 4.02. The first-order valence-corrected chi connectivity index (χ1v) is 13.5. The summed E-state index contributed by atoms with van der Waals surface area (Å²) < 4.78 is 5.60. The molecule has 32 heavy (non-hydrogen) atoms. The van der Waals surface area contributed by atoms with E-state index in [1.54, 1.807) is 24.3 Å². The van der Waals surface area contributed by atoms with Crippen molar-refractivity contribution in [1.82, 2.24) is 0 Å². The highest BCUT2D eigenvalue weighted by atomic mass is 16.5. The number of rotatable bonds is 23.